The first-order valence-corrected chi connectivity index (χ1v) is 6.71. The van der Waals surface area contributed by atoms with Crippen molar-refractivity contribution in [2.75, 3.05) is 0 Å². The predicted molar refractivity (Wildman–Crippen MR) is 67.3 cm³/mol. The Morgan fingerprint density at radius 3 is 2.87 bits per heavy atom. The highest BCUT2D eigenvalue weighted by Gasteiger charge is 2.30. The zero-order chi connectivity index (χ0) is 10.9. The molecular weight excluding hydrogens is 202 g/mol. The highest BCUT2D eigenvalue weighted by molar-refractivity contribution is 7.10. The van der Waals surface area contributed by atoms with Gasteiger partial charge >= 0.3 is 0 Å². The van der Waals surface area contributed by atoms with Crippen LogP contribution in [0.3, 0.4) is 0 Å². The molecule has 1 heterocycles. The summed E-state index contributed by atoms with van der Waals surface area (Å²) in [5, 5.41) is 5.88. The van der Waals surface area contributed by atoms with Gasteiger partial charge in [-0.3, -0.25) is 0 Å². The summed E-state index contributed by atoms with van der Waals surface area (Å²) in [7, 11) is 0. The van der Waals surface area contributed by atoms with Gasteiger partial charge in [0.25, 0.3) is 0 Å². The Kier molecular flexibility index (Phi) is 3.17. The standard InChI is InChI=1S/C13H21NS/c1-10-5-7-15-12(10)9-14-11-4-6-13(2,3)8-11/h5,7,11,14H,4,6,8-9H2,1-3H3. The van der Waals surface area contributed by atoms with Crippen molar-refractivity contribution in [1.29, 1.82) is 0 Å². The van der Waals surface area contributed by atoms with Crippen LogP contribution in [-0.2, 0) is 6.54 Å². The molecule has 0 spiro atoms. The summed E-state index contributed by atoms with van der Waals surface area (Å²) < 4.78 is 0. The molecule has 1 nitrogen and oxygen atoms in total. The lowest BCUT2D eigenvalue weighted by atomic mass is 9.92. The minimum Gasteiger partial charge on any atom is -0.309 e. The maximum absolute atomic E-state index is 3.69. The fourth-order valence-corrected chi connectivity index (χ4v) is 3.29. The topological polar surface area (TPSA) is 12.0 Å². The zero-order valence-corrected chi connectivity index (χ0v) is 10.8. The first kappa shape index (κ1) is 11.2. The summed E-state index contributed by atoms with van der Waals surface area (Å²) in [4.78, 5) is 1.50. The molecule has 1 saturated carbocycles. The van der Waals surface area contributed by atoms with E-state index in [9.17, 15) is 0 Å². The first-order valence-electron chi connectivity index (χ1n) is 5.83. The van der Waals surface area contributed by atoms with Crippen LogP contribution in [-0.4, -0.2) is 6.04 Å². The summed E-state index contributed by atoms with van der Waals surface area (Å²) >= 11 is 1.87. The molecule has 1 aliphatic carbocycles. The van der Waals surface area contributed by atoms with Crippen molar-refractivity contribution in [2.24, 2.45) is 5.41 Å². The summed E-state index contributed by atoms with van der Waals surface area (Å²) in [5.41, 5.74) is 1.99. The summed E-state index contributed by atoms with van der Waals surface area (Å²) in [6.07, 6.45) is 4.04. The Balaban J connectivity index is 1.83. The predicted octanol–water partition coefficient (Wildman–Crippen LogP) is 3.72. The van der Waals surface area contributed by atoms with Crippen molar-refractivity contribution in [2.45, 2.75) is 52.6 Å². The quantitative estimate of drug-likeness (QED) is 0.823. The van der Waals surface area contributed by atoms with Crippen LogP contribution < -0.4 is 5.32 Å². The molecule has 15 heavy (non-hydrogen) atoms. The molecule has 1 unspecified atom stereocenters. The number of hydrogen-bond donors (Lipinski definition) is 1. The number of nitrogens with one attached hydrogen (secondary N) is 1. The van der Waals surface area contributed by atoms with Gasteiger partial charge in [-0.25, -0.2) is 0 Å². The van der Waals surface area contributed by atoms with E-state index in [1.807, 2.05) is 11.3 Å². The van der Waals surface area contributed by atoms with Crippen molar-refractivity contribution in [3.63, 3.8) is 0 Å². The lowest BCUT2D eigenvalue weighted by Gasteiger charge is -2.17. The van der Waals surface area contributed by atoms with E-state index >= 15 is 0 Å². The van der Waals surface area contributed by atoms with Gasteiger partial charge in [0.05, 0.1) is 0 Å². The molecule has 1 fully saturated rings. The Labute approximate surface area is 96.9 Å². The van der Waals surface area contributed by atoms with Gasteiger partial charge in [-0.1, -0.05) is 13.8 Å². The first-order chi connectivity index (χ1) is 7.07. The lowest BCUT2D eigenvalue weighted by molar-refractivity contribution is 0.364. The maximum Gasteiger partial charge on any atom is 0.0304 e. The smallest absolute Gasteiger partial charge is 0.0304 e. The van der Waals surface area contributed by atoms with Crippen molar-refractivity contribution >= 4 is 11.3 Å². The van der Waals surface area contributed by atoms with E-state index in [0.717, 1.165) is 12.6 Å². The maximum atomic E-state index is 3.69. The third-order valence-corrected chi connectivity index (χ3v) is 4.51. The lowest BCUT2D eigenvalue weighted by Crippen LogP contribution is -2.26. The van der Waals surface area contributed by atoms with E-state index in [4.69, 9.17) is 0 Å². The molecule has 1 aliphatic rings. The van der Waals surface area contributed by atoms with E-state index in [1.165, 1.54) is 29.7 Å². The summed E-state index contributed by atoms with van der Waals surface area (Å²) in [6, 6.07) is 2.95. The highest BCUT2D eigenvalue weighted by Crippen LogP contribution is 2.37. The second-order valence-corrected chi connectivity index (χ2v) is 6.51. The van der Waals surface area contributed by atoms with Gasteiger partial charge in [-0.05, 0) is 48.6 Å². The number of rotatable bonds is 3. The molecule has 0 saturated heterocycles. The summed E-state index contributed by atoms with van der Waals surface area (Å²) in [5.74, 6) is 0. The van der Waals surface area contributed by atoms with E-state index in [2.05, 4.69) is 37.5 Å². The number of thiophene rings is 1. The average molecular weight is 223 g/mol. The minimum absolute atomic E-state index is 0.558. The number of aryl methyl sites for hydroxylation is 1. The van der Waals surface area contributed by atoms with E-state index < -0.39 is 0 Å². The van der Waals surface area contributed by atoms with Gasteiger partial charge in [0.15, 0.2) is 0 Å². The monoisotopic (exact) mass is 223 g/mol. The van der Waals surface area contributed by atoms with Crippen LogP contribution >= 0.6 is 11.3 Å². The highest BCUT2D eigenvalue weighted by atomic mass is 32.1. The molecule has 2 heteroatoms. The fraction of sp³-hybridized carbons (Fsp3) is 0.692. The number of hydrogen-bond acceptors (Lipinski definition) is 2. The molecule has 0 amide bonds. The van der Waals surface area contributed by atoms with Crippen LogP contribution in [0, 0.1) is 12.3 Å². The molecule has 0 aromatic carbocycles. The van der Waals surface area contributed by atoms with Crippen LogP contribution in [0.2, 0.25) is 0 Å². The molecule has 1 aromatic rings. The third-order valence-electron chi connectivity index (χ3n) is 3.49. The Bertz CT molecular complexity index is 327. The molecule has 1 atom stereocenters. The molecule has 0 bridgehead atoms. The van der Waals surface area contributed by atoms with Gasteiger partial charge in [0.2, 0.25) is 0 Å². The van der Waals surface area contributed by atoms with Crippen LogP contribution in [0.15, 0.2) is 11.4 Å². The molecule has 0 radical (unpaired) electrons. The normalized spacial score (nSPS) is 24.6. The van der Waals surface area contributed by atoms with E-state index in [0.29, 0.717) is 5.41 Å². The van der Waals surface area contributed by atoms with Crippen LogP contribution in [0.4, 0.5) is 0 Å². The van der Waals surface area contributed by atoms with Crippen LogP contribution in [0.25, 0.3) is 0 Å². The minimum atomic E-state index is 0.558. The molecule has 2 rings (SSSR count). The second kappa shape index (κ2) is 4.26. The Hall–Kier alpha value is -0.340. The molecule has 1 N–H and O–H groups in total. The SMILES string of the molecule is Cc1ccsc1CNC1CCC(C)(C)C1. The van der Waals surface area contributed by atoms with Crippen molar-refractivity contribution < 1.29 is 0 Å². The van der Waals surface area contributed by atoms with E-state index in [1.54, 1.807) is 0 Å². The van der Waals surface area contributed by atoms with Gasteiger partial charge in [-0.2, -0.15) is 0 Å². The molecular formula is C13H21NS. The van der Waals surface area contributed by atoms with Gasteiger partial charge < -0.3 is 5.32 Å². The van der Waals surface area contributed by atoms with Crippen molar-refractivity contribution in [3.8, 4) is 0 Å². The Morgan fingerprint density at radius 1 is 1.53 bits per heavy atom. The van der Waals surface area contributed by atoms with Crippen LogP contribution in [0.5, 0.6) is 0 Å². The fourth-order valence-electron chi connectivity index (χ4n) is 2.43. The molecule has 84 valence electrons. The van der Waals surface area contributed by atoms with Crippen molar-refractivity contribution in [1.82, 2.24) is 5.32 Å². The molecule has 0 aliphatic heterocycles. The summed E-state index contributed by atoms with van der Waals surface area (Å²) in [6.45, 7) is 8.02. The zero-order valence-electron chi connectivity index (χ0n) is 9.97. The van der Waals surface area contributed by atoms with Gasteiger partial charge in [-0.15, -0.1) is 11.3 Å². The third kappa shape index (κ3) is 2.82. The van der Waals surface area contributed by atoms with Crippen molar-refractivity contribution in [3.05, 3.63) is 21.9 Å². The second-order valence-electron chi connectivity index (χ2n) is 5.51. The van der Waals surface area contributed by atoms with Gasteiger partial charge in [0.1, 0.15) is 0 Å². The van der Waals surface area contributed by atoms with E-state index in [-0.39, 0.29) is 0 Å². The average Bonchev–Trinajstić information content (AvgIpc) is 2.69. The largest absolute Gasteiger partial charge is 0.309 e. The molecule has 1 aromatic heterocycles. The van der Waals surface area contributed by atoms with Gasteiger partial charge in [0, 0.05) is 17.5 Å². The van der Waals surface area contributed by atoms with Crippen LogP contribution in [0.1, 0.15) is 43.6 Å². The Morgan fingerprint density at radius 2 is 2.33 bits per heavy atom.